The molecule has 1 aliphatic heterocycles. The van der Waals surface area contributed by atoms with E-state index in [1.165, 1.54) is 17.8 Å². The molecule has 1 amide bonds. The van der Waals surface area contributed by atoms with Crippen molar-refractivity contribution in [3.05, 3.63) is 77.1 Å². The van der Waals surface area contributed by atoms with E-state index >= 15 is 0 Å². The summed E-state index contributed by atoms with van der Waals surface area (Å²) in [4.78, 5) is 28.1. The lowest BCUT2D eigenvalue weighted by atomic mass is 10.2. The fraction of sp³-hybridized carbons (Fsp3) is 0.261. The van der Waals surface area contributed by atoms with Gasteiger partial charge in [0.05, 0.1) is 0 Å². The molecule has 4 rings (SSSR count). The van der Waals surface area contributed by atoms with E-state index in [0.717, 1.165) is 36.7 Å². The lowest BCUT2D eigenvalue weighted by Crippen LogP contribution is -2.49. The SMILES string of the molecule is CC(=O)c1ccn(C(=O)N2CCN(Cc3cccc(Oc4ccc(Cl)cc4)c3)CC2)n1. The van der Waals surface area contributed by atoms with E-state index in [9.17, 15) is 9.59 Å². The van der Waals surface area contributed by atoms with Crippen molar-refractivity contribution in [3.8, 4) is 11.5 Å². The smallest absolute Gasteiger partial charge is 0.344 e. The van der Waals surface area contributed by atoms with Crippen molar-refractivity contribution in [1.82, 2.24) is 19.6 Å². The highest BCUT2D eigenvalue weighted by Gasteiger charge is 2.23. The van der Waals surface area contributed by atoms with Gasteiger partial charge in [-0.1, -0.05) is 23.7 Å². The largest absolute Gasteiger partial charge is 0.457 e. The molecule has 3 aromatic rings. The Bertz CT molecular complexity index is 1070. The molecule has 0 aliphatic carbocycles. The number of aromatic nitrogens is 2. The molecule has 160 valence electrons. The lowest BCUT2D eigenvalue weighted by molar-refractivity contribution is 0.101. The molecule has 0 saturated carbocycles. The highest BCUT2D eigenvalue weighted by Crippen LogP contribution is 2.24. The minimum Gasteiger partial charge on any atom is -0.457 e. The molecule has 2 aromatic carbocycles. The summed E-state index contributed by atoms with van der Waals surface area (Å²) in [6.07, 6.45) is 1.54. The number of benzene rings is 2. The topological polar surface area (TPSA) is 67.7 Å². The van der Waals surface area contributed by atoms with E-state index in [-0.39, 0.29) is 11.8 Å². The minimum atomic E-state index is -0.203. The molecule has 1 saturated heterocycles. The molecule has 8 heteroatoms. The fourth-order valence-electron chi connectivity index (χ4n) is 3.46. The Morgan fingerprint density at radius 2 is 1.74 bits per heavy atom. The average Bonchev–Trinajstić information content (AvgIpc) is 3.26. The molecule has 0 radical (unpaired) electrons. The van der Waals surface area contributed by atoms with E-state index in [4.69, 9.17) is 16.3 Å². The van der Waals surface area contributed by atoms with Crippen LogP contribution in [0.5, 0.6) is 11.5 Å². The standard InChI is InChI=1S/C23H23ClN4O3/c1-17(29)22-9-10-28(25-22)23(30)27-13-11-26(12-14-27)16-18-3-2-4-21(15-18)31-20-7-5-19(24)6-8-20/h2-10,15H,11-14,16H2,1H3. The third kappa shape index (κ3) is 5.31. The Morgan fingerprint density at radius 1 is 1.00 bits per heavy atom. The van der Waals surface area contributed by atoms with Crippen molar-refractivity contribution in [2.45, 2.75) is 13.5 Å². The van der Waals surface area contributed by atoms with Crippen molar-refractivity contribution in [1.29, 1.82) is 0 Å². The van der Waals surface area contributed by atoms with Crippen LogP contribution in [0.3, 0.4) is 0 Å². The maximum Gasteiger partial charge on any atom is 0.344 e. The average molecular weight is 439 g/mol. The number of piperazine rings is 1. The maximum absolute atomic E-state index is 12.6. The lowest BCUT2D eigenvalue weighted by Gasteiger charge is -2.34. The number of hydrogen-bond acceptors (Lipinski definition) is 5. The Hall–Kier alpha value is -3.16. The number of nitrogens with zero attached hydrogens (tertiary/aromatic N) is 4. The van der Waals surface area contributed by atoms with Gasteiger partial charge in [-0.2, -0.15) is 9.78 Å². The Kier molecular flexibility index (Phi) is 6.34. The zero-order valence-electron chi connectivity index (χ0n) is 17.2. The second-order valence-electron chi connectivity index (χ2n) is 7.45. The molecule has 0 spiro atoms. The van der Waals surface area contributed by atoms with Crippen molar-refractivity contribution >= 4 is 23.4 Å². The number of rotatable bonds is 5. The number of carbonyl (C=O) groups is 2. The van der Waals surface area contributed by atoms with Crippen LogP contribution in [0, 0.1) is 0 Å². The van der Waals surface area contributed by atoms with Gasteiger partial charge in [0.2, 0.25) is 0 Å². The monoisotopic (exact) mass is 438 g/mol. The predicted molar refractivity (Wildman–Crippen MR) is 118 cm³/mol. The normalized spacial score (nSPS) is 14.5. The molecule has 0 unspecified atom stereocenters. The minimum absolute atomic E-state index is 0.154. The molecule has 0 bridgehead atoms. The molecule has 1 aromatic heterocycles. The van der Waals surface area contributed by atoms with E-state index in [2.05, 4.69) is 16.1 Å². The molecule has 7 nitrogen and oxygen atoms in total. The summed E-state index contributed by atoms with van der Waals surface area (Å²) in [5.74, 6) is 1.35. The summed E-state index contributed by atoms with van der Waals surface area (Å²) < 4.78 is 7.16. The number of hydrogen-bond donors (Lipinski definition) is 0. The predicted octanol–water partition coefficient (Wildman–Crippen LogP) is 4.32. The first-order chi connectivity index (χ1) is 15.0. The number of ether oxygens (including phenoxy) is 1. The van der Waals surface area contributed by atoms with Crippen LogP contribution in [0.1, 0.15) is 23.0 Å². The number of ketones is 1. The Balaban J connectivity index is 1.32. The zero-order chi connectivity index (χ0) is 21.8. The molecule has 0 atom stereocenters. The van der Waals surface area contributed by atoms with Crippen LogP contribution in [0.4, 0.5) is 4.79 Å². The molecule has 0 N–H and O–H groups in total. The van der Waals surface area contributed by atoms with Crippen LogP contribution in [0.2, 0.25) is 5.02 Å². The third-order valence-electron chi connectivity index (χ3n) is 5.14. The van der Waals surface area contributed by atoms with Gasteiger partial charge in [-0.3, -0.25) is 9.69 Å². The molecular weight excluding hydrogens is 416 g/mol. The second-order valence-corrected chi connectivity index (χ2v) is 7.89. The van der Waals surface area contributed by atoms with Crippen LogP contribution in [-0.4, -0.2) is 57.6 Å². The quantitative estimate of drug-likeness (QED) is 0.555. The first kappa shape index (κ1) is 21.1. The van der Waals surface area contributed by atoms with Crippen LogP contribution in [-0.2, 0) is 6.54 Å². The van der Waals surface area contributed by atoms with E-state index in [1.807, 2.05) is 30.3 Å². The molecule has 31 heavy (non-hydrogen) atoms. The number of Topliss-reactive ketones (excluding diaryl/α,β-unsaturated/α-hetero) is 1. The van der Waals surface area contributed by atoms with Gasteiger partial charge in [0.25, 0.3) is 0 Å². The highest BCUT2D eigenvalue weighted by atomic mass is 35.5. The van der Waals surface area contributed by atoms with E-state index in [0.29, 0.717) is 23.8 Å². The summed E-state index contributed by atoms with van der Waals surface area (Å²) in [6, 6.07) is 16.6. The maximum atomic E-state index is 12.6. The first-order valence-corrected chi connectivity index (χ1v) is 10.5. The van der Waals surface area contributed by atoms with Gasteiger partial charge < -0.3 is 9.64 Å². The van der Waals surface area contributed by atoms with Crippen molar-refractivity contribution in [2.24, 2.45) is 0 Å². The van der Waals surface area contributed by atoms with Crippen LogP contribution in [0.25, 0.3) is 0 Å². The van der Waals surface area contributed by atoms with Crippen molar-refractivity contribution in [2.75, 3.05) is 26.2 Å². The van der Waals surface area contributed by atoms with Crippen molar-refractivity contribution in [3.63, 3.8) is 0 Å². The van der Waals surface area contributed by atoms with E-state index < -0.39 is 0 Å². The fourth-order valence-corrected chi connectivity index (χ4v) is 3.59. The van der Waals surface area contributed by atoms with Crippen molar-refractivity contribution < 1.29 is 14.3 Å². The first-order valence-electron chi connectivity index (χ1n) is 10.1. The van der Waals surface area contributed by atoms with Gasteiger partial charge in [0.1, 0.15) is 17.2 Å². The molecular formula is C23H23ClN4O3. The number of carbonyl (C=O) groups excluding carboxylic acids is 2. The summed E-state index contributed by atoms with van der Waals surface area (Å²) >= 11 is 5.92. The summed E-state index contributed by atoms with van der Waals surface area (Å²) in [5, 5.41) is 4.73. The molecule has 2 heterocycles. The van der Waals surface area contributed by atoms with Gasteiger partial charge in [0.15, 0.2) is 5.78 Å². The summed E-state index contributed by atoms with van der Waals surface area (Å²) in [6.45, 7) is 4.94. The summed E-state index contributed by atoms with van der Waals surface area (Å²) in [7, 11) is 0. The third-order valence-corrected chi connectivity index (χ3v) is 5.39. The van der Waals surface area contributed by atoms with Gasteiger partial charge in [-0.25, -0.2) is 4.79 Å². The van der Waals surface area contributed by atoms with E-state index in [1.54, 1.807) is 23.1 Å². The van der Waals surface area contributed by atoms with Gasteiger partial charge >= 0.3 is 6.03 Å². The van der Waals surface area contributed by atoms with Crippen LogP contribution < -0.4 is 4.74 Å². The van der Waals surface area contributed by atoms with Crippen LogP contribution >= 0.6 is 11.6 Å². The zero-order valence-corrected chi connectivity index (χ0v) is 18.0. The summed E-state index contributed by atoms with van der Waals surface area (Å²) in [5.41, 5.74) is 1.44. The Morgan fingerprint density at radius 3 is 2.42 bits per heavy atom. The Labute approximate surface area is 185 Å². The van der Waals surface area contributed by atoms with Gasteiger partial charge in [0, 0.05) is 50.9 Å². The molecule has 1 aliphatic rings. The van der Waals surface area contributed by atoms with Crippen LogP contribution in [0.15, 0.2) is 60.8 Å². The molecule has 1 fully saturated rings. The second kappa shape index (κ2) is 9.32. The highest BCUT2D eigenvalue weighted by molar-refractivity contribution is 6.30. The number of halogens is 1. The van der Waals surface area contributed by atoms with Gasteiger partial charge in [-0.15, -0.1) is 0 Å². The number of amides is 1. The van der Waals surface area contributed by atoms with Gasteiger partial charge in [-0.05, 0) is 48.0 Å².